The third kappa shape index (κ3) is 5.79. The number of carbonyl (C=O) groups is 2. The lowest BCUT2D eigenvalue weighted by Crippen LogP contribution is -2.33. The summed E-state index contributed by atoms with van der Waals surface area (Å²) in [5.41, 5.74) is 3.37. The topological polar surface area (TPSA) is 79.9 Å². The van der Waals surface area contributed by atoms with Gasteiger partial charge in [-0.25, -0.2) is 0 Å². The first-order chi connectivity index (χ1) is 17.5. The molecule has 2 N–H and O–H groups in total. The lowest BCUT2D eigenvalue weighted by atomic mass is 10.0. The smallest absolute Gasteiger partial charge is 0.259 e. The Morgan fingerprint density at radius 2 is 1.58 bits per heavy atom. The fourth-order valence-electron chi connectivity index (χ4n) is 4.49. The van der Waals surface area contributed by atoms with Crippen LogP contribution in [0.1, 0.15) is 58.5 Å². The second kappa shape index (κ2) is 11.6. The monoisotopic (exact) mass is 487 g/mol. The third-order valence-electron chi connectivity index (χ3n) is 6.50. The van der Waals surface area contributed by atoms with Crippen LogP contribution in [0.4, 0.5) is 11.4 Å². The minimum Gasteiger partial charge on any atom is -0.497 e. The largest absolute Gasteiger partial charge is 0.497 e. The van der Waals surface area contributed by atoms with Crippen molar-refractivity contribution in [3.8, 4) is 11.5 Å². The highest BCUT2D eigenvalue weighted by Crippen LogP contribution is 2.30. The highest BCUT2D eigenvalue weighted by Gasteiger charge is 2.22. The van der Waals surface area contributed by atoms with Gasteiger partial charge in [0.05, 0.1) is 31.4 Å². The molecule has 1 unspecified atom stereocenters. The number of hydrogen-bond acceptors (Lipinski definition) is 5. The molecule has 4 rings (SSSR count). The second-order valence-corrected chi connectivity index (χ2v) is 8.91. The average molecular weight is 488 g/mol. The maximum absolute atomic E-state index is 13.5. The van der Waals surface area contributed by atoms with E-state index in [1.807, 2.05) is 49.4 Å². The molecule has 0 bridgehead atoms. The van der Waals surface area contributed by atoms with Gasteiger partial charge in [-0.2, -0.15) is 0 Å². The lowest BCUT2D eigenvalue weighted by Gasteiger charge is -2.31. The third-order valence-corrected chi connectivity index (χ3v) is 6.50. The van der Waals surface area contributed by atoms with Crippen LogP contribution in [0.25, 0.3) is 0 Å². The van der Waals surface area contributed by atoms with Crippen LogP contribution in [0.5, 0.6) is 11.5 Å². The normalized spacial score (nSPS) is 14.0. The number of ether oxygens (including phenoxy) is 2. The van der Waals surface area contributed by atoms with Crippen LogP contribution in [0.3, 0.4) is 0 Å². The molecule has 0 spiro atoms. The number of benzene rings is 3. The molecule has 2 amide bonds. The zero-order chi connectivity index (χ0) is 25.5. The van der Waals surface area contributed by atoms with Crippen molar-refractivity contribution in [2.24, 2.45) is 0 Å². The molecule has 1 atom stereocenters. The number of piperidine rings is 1. The fourth-order valence-corrected chi connectivity index (χ4v) is 4.49. The molecule has 3 aromatic rings. The molecular weight excluding hydrogens is 454 g/mol. The summed E-state index contributed by atoms with van der Waals surface area (Å²) in [4.78, 5) is 28.8. The van der Waals surface area contributed by atoms with E-state index in [4.69, 9.17) is 9.47 Å². The number of amides is 2. The minimum atomic E-state index is -0.329. The maximum atomic E-state index is 13.5. The summed E-state index contributed by atoms with van der Waals surface area (Å²) in [6.07, 6.45) is 3.38. The van der Waals surface area contributed by atoms with E-state index in [0.717, 1.165) is 37.2 Å². The second-order valence-electron chi connectivity index (χ2n) is 8.91. The molecule has 3 aromatic carbocycles. The molecule has 7 nitrogen and oxygen atoms in total. The van der Waals surface area contributed by atoms with Crippen molar-refractivity contribution in [3.63, 3.8) is 0 Å². The molecule has 7 heteroatoms. The first-order valence-electron chi connectivity index (χ1n) is 12.3. The van der Waals surface area contributed by atoms with Gasteiger partial charge in [0.15, 0.2) is 0 Å². The van der Waals surface area contributed by atoms with Gasteiger partial charge in [-0.1, -0.05) is 30.3 Å². The molecule has 0 radical (unpaired) electrons. The van der Waals surface area contributed by atoms with Crippen LogP contribution in [-0.2, 0) is 0 Å². The summed E-state index contributed by atoms with van der Waals surface area (Å²) in [6, 6.07) is 20.3. The van der Waals surface area contributed by atoms with Gasteiger partial charge in [-0.15, -0.1) is 0 Å². The molecule has 36 heavy (non-hydrogen) atoms. The Morgan fingerprint density at radius 1 is 0.833 bits per heavy atom. The number of nitrogens with one attached hydrogen (secondary N) is 2. The van der Waals surface area contributed by atoms with Gasteiger partial charge in [0.2, 0.25) is 0 Å². The number of hydrogen-bond donors (Lipinski definition) is 2. The number of anilines is 2. The van der Waals surface area contributed by atoms with Gasteiger partial charge < -0.3 is 25.0 Å². The molecule has 1 fully saturated rings. The SMILES string of the molecule is COc1ccc(C(=O)Nc2ccc(N3CCCCC3)c(C(=O)NC(C)c3ccccc3)c2)c(OC)c1. The number of rotatable bonds is 8. The maximum Gasteiger partial charge on any atom is 0.259 e. The summed E-state index contributed by atoms with van der Waals surface area (Å²) in [6.45, 7) is 3.78. The quantitative estimate of drug-likeness (QED) is 0.442. The Bertz CT molecular complexity index is 1210. The fraction of sp³-hybridized carbons (Fsp3) is 0.310. The van der Waals surface area contributed by atoms with E-state index >= 15 is 0 Å². The van der Waals surface area contributed by atoms with Crippen molar-refractivity contribution >= 4 is 23.2 Å². The Morgan fingerprint density at radius 3 is 2.28 bits per heavy atom. The zero-order valence-corrected chi connectivity index (χ0v) is 21.0. The Hall–Kier alpha value is -4.00. The van der Waals surface area contributed by atoms with Crippen molar-refractivity contribution in [2.75, 3.05) is 37.5 Å². The summed E-state index contributed by atoms with van der Waals surface area (Å²) in [5.74, 6) is 0.501. The number of methoxy groups -OCH3 is 2. The van der Waals surface area contributed by atoms with E-state index < -0.39 is 0 Å². The van der Waals surface area contributed by atoms with Crippen molar-refractivity contribution < 1.29 is 19.1 Å². The van der Waals surface area contributed by atoms with Crippen LogP contribution < -0.4 is 25.0 Å². The van der Waals surface area contributed by atoms with Gasteiger partial charge in [-0.05, 0) is 62.1 Å². The Kier molecular flexibility index (Phi) is 8.10. The summed E-state index contributed by atoms with van der Waals surface area (Å²) in [5, 5.41) is 6.05. The highest BCUT2D eigenvalue weighted by molar-refractivity contribution is 6.08. The van der Waals surface area contributed by atoms with Crippen LogP contribution in [0.2, 0.25) is 0 Å². The molecular formula is C29H33N3O4. The molecule has 0 aliphatic carbocycles. The van der Waals surface area contributed by atoms with E-state index in [2.05, 4.69) is 15.5 Å². The average Bonchev–Trinajstić information content (AvgIpc) is 2.93. The Balaban J connectivity index is 1.61. The predicted octanol–water partition coefficient (Wildman–Crippen LogP) is 5.44. The molecule has 188 valence electrons. The van der Waals surface area contributed by atoms with Gasteiger partial charge in [0.25, 0.3) is 11.8 Å². The molecule has 1 aliphatic rings. The zero-order valence-electron chi connectivity index (χ0n) is 21.0. The van der Waals surface area contributed by atoms with Gasteiger partial charge in [0, 0.05) is 30.5 Å². The summed E-state index contributed by atoms with van der Waals surface area (Å²) < 4.78 is 10.6. The van der Waals surface area contributed by atoms with E-state index in [0.29, 0.717) is 28.3 Å². The molecule has 1 heterocycles. The van der Waals surface area contributed by atoms with Gasteiger partial charge in [0.1, 0.15) is 11.5 Å². The van der Waals surface area contributed by atoms with Crippen LogP contribution >= 0.6 is 0 Å². The van der Waals surface area contributed by atoms with Crippen molar-refractivity contribution in [1.29, 1.82) is 0 Å². The van der Waals surface area contributed by atoms with E-state index in [1.54, 1.807) is 31.4 Å². The van der Waals surface area contributed by atoms with Crippen LogP contribution in [-0.4, -0.2) is 39.1 Å². The first-order valence-corrected chi connectivity index (χ1v) is 12.3. The molecule has 0 aromatic heterocycles. The first kappa shape index (κ1) is 25.1. The van der Waals surface area contributed by atoms with Crippen molar-refractivity contribution in [3.05, 3.63) is 83.4 Å². The number of carbonyl (C=O) groups excluding carboxylic acids is 2. The number of nitrogens with zero attached hydrogens (tertiary/aromatic N) is 1. The highest BCUT2D eigenvalue weighted by atomic mass is 16.5. The van der Waals surface area contributed by atoms with E-state index in [-0.39, 0.29) is 17.9 Å². The van der Waals surface area contributed by atoms with Gasteiger partial charge >= 0.3 is 0 Å². The predicted molar refractivity (Wildman–Crippen MR) is 142 cm³/mol. The van der Waals surface area contributed by atoms with Crippen molar-refractivity contribution in [2.45, 2.75) is 32.2 Å². The standard InChI is InChI=1S/C29H33N3O4/c1-20(21-10-6-4-7-11-21)30-29(34)25-18-22(12-15-26(25)32-16-8-5-9-17-32)31-28(33)24-14-13-23(35-2)19-27(24)36-3/h4,6-7,10-15,18-20H,5,8-9,16-17H2,1-3H3,(H,30,34)(H,31,33). The van der Waals surface area contributed by atoms with Gasteiger partial charge in [-0.3, -0.25) is 9.59 Å². The van der Waals surface area contributed by atoms with Crippen molar-refractivity contribution in [1.82, 2.24) is 5.32 Å². The minimum absolute atomic E-state index is 0.158. The summed E-state index contributed by atoms with van der Waals surface area (Å²) >= 11 is 0. The van der Waals surface area contributed by atoms with E-state index in [1.165, 1.54) is 13.5 Å². The molecule has 1 aliphatic heterocycles. The molecule has 0 saturated carbocycles. The summed E-state index contributed by atoms with van der Waals surface area (Å²) in [7, 11) is 3.07. The van der Waals surface area contributed by atoms with Crippen LogP contribution in [0.15, 0.2) is 66.7 Å². The molecule has 1 saturated heterocycles. The van der Waals surface area contributed by atoms with E-state index in [9.17, 15) is 9.59 Å². The van der Waals surface area contributed by atoms with Crippen LogP contribution in [0, 0.1) is 0 Å². The Labute approximate surface area is 212 Å². The lowest BCUT2D eigenvalue weighted by molar-refractivity contribution is 0.0939.